The molecule has 20 heavy (non-hydrogen) atoms. The van der Waals surface area contributed by atoms with Gasteiger partial charge in [-0.2, -0.15) is 0 Å². The molecule has 2 heterocycles. The monoisotopic (exact) mass is 278 g/mol. The van der Waals surface area contributed by atoms with Gasteiger partial charge in [0.1, 0.15) is 0 Å². The summed E-state index contributed by atoms with van der Waals surface area (Å²) in [4.78, 5) is 4.33. The molecule has 1 fully saturated rings. The third-order valence-corrected chi connectivity index (χ3v) is 3.95. The van der Waals surface area contributed by atoms with E-state index in [4.69, 9.17) is 14.0 Å². The minimum absolute atomic E-state index is 0.351. The second-order valence-electron chi connectivity index (χ2n) is 5.89. The maximum atomic E-state index is 6.02. The standard InChI is InChI=1S/C14H23BN2O3/c1-7-18-12-11(16-6)8-10(9-17-12)15-19-13(2,3)14(4,5)20-15/h8-9,16H,7H2,1-6H3. The van der Waals surface area contributed by atoms with Crippen LogP contribution in [0.25, 0.3) is 0 Å². The molecule has 0 amide bonds. The van der Waals surface area contributed by atoms with Crippen LogP contribution in [-0.4, -0.2) is 37.0 Å². The van der Waals surface area contributed by atoms with Crippen molar-refractivity contribution in [2.45, 2.75) is 45.8 Å². The molecule has 0 spiro atoms. The van der Waals surface area contributed by atoms with Crippen LogP contribution in [0.1, 0.15) is 34.6 Å². The highest BCUT2D eigenvalue weighted by molar-refractivity contribution is 6.62. The van der Waals surface area contributed by atoms with Crippen molar-refractivity contribution in [2.24, 2.45) is 0 Å². The molecule has 0 bridgehead atoms. The van der Waals surface area contributed by atoms with Crippen LogP contribution >= 0.6 is 0 Å². The predicted octanol–water partition coefficient (Wildman–Crippen LogP) is 1.82. The van der Waals surface area contributed by atoms with Gasteiger partial charge >= 0.3 is 7.12 Å². The molecular formula is C14H23BN2O3. The molecule has 1 saturated heterocycles. The van der Waals surface area contributed by atoms with Crippen molar-refractivity contribution in [3.63, 3.8) is 0 Å². The Bertz CT molecular complexity index is 475. The van der Waals surface area contributed by atoms with Gasteiger partial charge < -0.3 is 19.4 Å². The number of rotatable bonds is 4. The molecule has 1 aliphatic heterocycles. The normalized spacial score (nSPS) is 20.0. The number of nitrogens with zero attached hydrogens (tertiary/aromatic N) is 1. The molecule has 0 aromatic carbocycles. The van der Waals surface area contributed by atoms with E-state index in [1.54, 1.807) is 6.20 Å². The molecule has 2 rings (SSSR count). The Hall–Kier alpha value is -1.27. The fraction of sp³-hybridized carbons (Fsp3) is 0.643. The van der Waals surface area contributed by atoms with Crippen LogP contribution in [0.2, 0.25) is 0 Å². The highest BCUT2D eigenvalue weighted by Gasteiger charge is 2.51. The number of ether oxygens (including phenoxy) is 1. The van der Waals surface area contributed by atoms with Crippen molar-refractivity contribution >= 4 is 18.3 Å². The average molecular weight is 278 g/mol. The molecule has 1 aliphatic rings. The van der Waals surface area contributed by atoms with Gasteiger partial charge in [-0.15, -0.1) is 0 Å². The lowest BCUT2D eigenvalue weighted by atomic mass is 9.80. The molecule has 1 aromatic rings. The summed E-state index contributed by atoms with van der Waals surface area (Å²) in [6.45, 7) is 10.7. The first-order chi connectivity index (χ1) is 9.30. The van der Waals surface area contributed by atoms with Crippen LogP contribution in [-0.2, 0) is 9.31 Å². The number of anilines is 1. The Labute approximate surface area is 121 Å². The van der Waals surface area contributed by atoms with Crippen LogP contribution in [0.15, 0.2) is 12.3 Å². The quantitative estimate of drug-likeness (QED) is 0.851. The summed E-state index contributed by atoms with van der Waals surface area (Å²) >= 11 is 0. The molecular weight excluding hydrogens is 255 g/mol. The Morgan fingerprint density at radius 3 is 2.35 bits per heavy atom. The van der Waals surface area contributed by atoms with Gasteiger partial charge in [-0.05, 0) is 40.7 Å². The number of aromatic nitrogens is 1. The van der Waals surface area contributed by atoms with Crippen molar-refractivity contribution in [3.05, 3.63) is 12.3 Å². The first kappa shape index (κ1) is 15.1. The topological polar surface area (TPSA) is 52.6 Å². The SMILES string of the molecule is CCOc1ncc(B2OC(C)(C)C(C)(C)O2)cc1NC. The summed E-state index contributed by atoms with van der Waals surface area (Å²) in [6.07, 6.45) is 1.74. The highest BCUT2D eigenvalue weighted by Crippen LogP contribution is 2.36. The van der Waals surface area contributed by atoms with Crippen LogP contribution in [0.4, 0.5) is 5.69 Å². The van der Waals surface area contributed by atoms with Crippen molar-refractivity contribution in [2.75, 3.05) is 19.0 Å². The van der Waals surface area contributed by atoms with Gasteiger partial charge in [0.25, 0.3) is 0 Å². The number of hydrogen-bond donors (Lipinski definition) is 1. The van der Waals surface area contributed by atoms with Gasteiger partial charge in [-0.1, -0.05) is 0 Å². The zero-order valence-corrected chi connectivity index (χ0v) is 13.1. The summed E-state index contributed by atoms with van der Waals surface area (Å²) in [5.41, 5.74) is 1.02. The van der Waals surface area contributed by atoms with E-state index in [0.29, 0.717) is 12.5 Å². The Kier molecular flexibility index (Phi) is 3.98. The summed E-state index contributed by atoms with van der Waals surface area (Å²) in [6, 6.07) is 1.96. The lowest BCUT2D eigenvalue weighted by molar-refractivity contribution is 0.00578. The van der Waals surface area contributed by atoms with E-state index < -0.39 is 7.12 Å². The van der Waals surface area contributed by atoms with Gasteiger partial charge in [0.2, 0.25) is 5.88 Å². The lowest BCUT2D eigenvalue weighted by Gasteiger charge is -2.32. The first-order valence-electron chi connectivity index (χ1n) is 6.97. The zero-order chi connectivity index (χ0) is 15.0. The molecule has 6 heteroatoms. The maximum Gasteiger partial charge on any atom is 0.496 e. The third kappa shape index (κ3) is 2.62. The van der Waals surface area contributed by atoms with E-state index >= 15 is 0 Å². The van der Waals surface area contributed by atoms with Crippen LogP contribution < -0.4 is 15.5 Å². The summed E-state index contributed by atoms with van der Waals surface area (Å²) in [7, 11) is 1.43. The number of pyridine rings is 1. The second-order valence-corrected chi connectivity index (χ2v) is 5.89. The van der Waals surface area contributed by atoms with Crippen LogP contribution in [0.3, 0.4) is 0 Å². The molecule has 0 saturated carbocycles. The lowest BCUT2D eigenvalue weighted by Crippen LogP contribution is -2.41. The molecule has 5 nitrogen and oxygen atoms in total. The number of hydrogen-bond acceptors (Lipinski definition) is 5. The minimum atomic E-state index is -0.407. The smallest absolute Gasteiger partial charge is 0.476 e. The molecule has 0 aliphatic carbocycles. The van der Waals surface area contributed by atoms with Crippen LogP contribution in [0.5, 0.6) is 5.88 Å². The van der Waals surface area contributed by atoms with Crippen molar-refractivity contribution in [1.29, 1.82) is 0 Å². The zero-order valence-electron chi connectivity index (χ0n) is 13.1. The molecule has 110 valence electrons. The predicted molar refractivity (Wildman–Crippen MR) is 80.7 cm³/mol. The fourth-order valence-electron chi connectivity index (χ4n) is 2.01. The highest BCUT2D eigenvalue weighted by atomic mass is 16.7. The molecule has 0 unspecified atom stereocenters. The summed E-state index contributed by atoms with van der Waals surface area (Å²) < 4.78 is 17.5. The molecule has 1 N–H and O–H groups in total. The first-order valence-corrected chi connectivity index (χ1v) is 6.97. The van der Waals surface area contributed by atoms with Crippen LogP contribution in [0, 0.1) is 0 Å². The Morgan fingerprint density at radius 1 is 1.25 bits per heavy atom. The average Bonchev–Trinajstić information content (AvgIpc) is 2.59. The number of nitrogens with one attached hydrogen (secondary N) is 1. The Morgan fingerprint density at radius 2 is 1.85 bits per heavy atom. The van der Waals surface area contributed by atoms with Crippen molar-refractivity contribution in [1.82, 2.24) is 4.98 Å². The van der Waals surface area contributed by atoms with Gasteiger partial charge in [0.15, 0.2) is 0 Å². The molecule has 1 aromatic heterocycles. The molecule has 0 radical (unpaired) electrons. The van der Waals surface area contributed by atoms with E-state index in [1.807, 2.05) is 47.7 Å². The summed E-state index contributed by atoms with van der Waals surface area (Å²) in [5, 5.41) is 3.09. The van der Waals surface area contributed by atoms with Gasteiger partial charge in [0.05, 0.1) is 23.5 Å². The van der Waals surface area contributed by atoms with E-state index in [2.05, 4.69) is 10.3 Å². The molecule has 0 atom stereocenters. The van der Waals surface area contributed by atoms with Gasteiger partial charge in [-0.25, -0.2) is 4.98 Å². The van der Waals surface area contributed by atoms with E-state index in [0.717, 1.165) is 11.2 Å². The maximum absolute atomic E-state index is 6.02. The summed E-state index contributed by atoms with van der Waals surface area (Å²) in [5.74, 6) is 0.593. The largest absolute Gasteiger partial charge is 0.496 e. The van der Waals surface area contributed by atoms with E-state index in [9.17, 15) is 0 Å². The minimum Gasteiger partial charge on any atom is -0.476 e. The fourth-order valence-corrected chi connectivity index (χ4v) is 2.01. The van der Waals surface area contributed by atoms with E-state index in [1.165, 1.54) is 0 Å². The Balaban J connectivity index is 2.27. The van der Waals surface area contributed by atoms with Gasteiger partial charge in [0, 0.05) is 18.7 Å². The van der Waals surface area contributed by atoms with Gasteiger partial charge in [-0.3, -0.25) is 0 Å². The second kappa shape index (κ2) is 5.26. The van der Waals surface area contributed by atoms with Crippen molar-refractivity contribution < 1.29 is 14.0 Å². The third-order valence-electron chi connectivity index (χ3n) is 3.95. The van der Waals surface area contributed by atoms with E-state index in [-0.39, 0.29) is 11.2 Å². The van der Waals surface area contributed by atoms with Crippen molar-refractivity contribution in [3.8, 4) is 5.88 Å².